The molecule has 0 saturated heterocycles. The second-order valence-electron chi connectivity index (χ2n) is 7.08. The topological polar surface area (TPSA) is 41.1 Å². The van der Waals surface area contributed by atoms with Crippen LogP contribution in [0.15, 0.2) is 54.7 Å². The van der Waals surface area contributed by atoms with E-state index in [2.05, 4.69) is 29.1 Å². The minimum Gasteiger partial charge on any atom is -0.340 e. The van der Waals surface area contributed by atoms with Crippen molar-refractivity contribution in [2.75, 3.05) is 17.3 Å². The highest BCUT2D eigenvalue weighted by Gasteiger charge is 2.35. The summed E-state index contributed by atoms with van der Waals surface area (Å²) in [5, 5.41) is 2.82. The van der Waals surface area contributed by atoms with Crippen molar-refractivity contribution in [2.24, 2.45) is 0 Å². The minimum atomic E-state index is -4.57. The van der Waals surface area contributed by atoms with Gasteiger partial charge in [0.25, 0.3) is 0 Å². The van der Waals surface area contributed by atoms with Crippen molar-refractivity contribution in [3.05, 3.63) is 71.4 Å². The zero-order valence-electron chi connectivity index (χ0n) is 17.3. The maximum Gasteiger partial charge on any atom is 0.421 e. The van der Waals surface area contributed by atoms with Crippen molar-refractivity contribution in [1.29, 1.82) is 0 Å². The normalized spacial score (nSPS) is 11.4. The molecule has 0 unspecified atom stereocenters. The Morgan fingerprint density at radius 2 is 1.57 bits per heavy atom. The third-order valence-corrected chi connectivity index (χ3v) is 4.87. The molecule has 2 aromatic carbocycles. The molecule has 7 heteroatoms. The zero-order chi connectivity index (χ0) is 21.7. The third-order valence-electron chi connectivity index (χ3n) is 4.87. The van der Waals surface area contributed by atoms with Crippen molar-refractivity contribution in [2.45, 2.75) is 39.3 Å². The van der Waals surface area contributed by atoms with Crippen LogP contribution in [0.1, 0.15) is 37.0 Å². The summed E-state index contributed by atoms with van der Waals surface area (Å²) in [7, 11) is 1.73. The molecule has 30 heavy (non-hydrogen) atoms. The van der Waals surface area contributed by atoms with Crippen molar-refractivity contribution in [1.82, 2.24) is 9.97 Å². The third kappa shape index (κ3) is 5.09. The molecule has 0 atom stereocenters. The number of alkyl halides is 3. The van der Waals surface area contributed by atoms with Gasteiger partial charge in [-0.25, -0.2) is 4.98 Å². The number of hydrogen-bond acceptors (Lipinski definition) is 4. The zero-order valence-corrected chi connectivity index (χ0v) is 17.3. The predicted octanol–water partition coefficient (Wildman–Crippen LogP) is 6.52. The molecule has 1 heterocycles. The number of halogens is 3. The minimum absolute atomic E-state index is 0.178. The standard InChI is InChI=1S/C23H25F3N4/c1-4-6-17-7-11-18(12-8-17)28-21-20(23(24,25)26)15-27-22(29-21)30(3)19-13-9-16(5-2)10-14-19/h7-15H,4-6H2,1-3H3,(H,27,28,29). The van der Waals surface area contributed by atoms with E-state index in [1.165, 1.54) is 5.56 Å². The van der Waals surface area contributed by atoms with Crippen molar-refractivity contribution in [3.63, 3.8) is 0 Å². The van der Waals surface area contributed by atoms with Gasteiger partial charge in [-0.15, -0.1) is 0 Å². The van der Waals surface area contributed by atoms with Crippen LogP contribution in [0.25, 0.3) is 0 Å². The van der Waals surface area contributed by atoms with Crippen LogP contribution in [-0.4, -0.2) is 17.0 Å². The first kappa shape index (κ1) is 21.6. The van der Waals surface area contributed by atoms with Crippen LogP contribution in [0.3, 0.4) is 0 Å². The molecule has 0 aliphatic carbocycles. The highest BCUT2D eigenvalue weighted by atomic mass is 19.4. The van der Waals surface area contributed by atoms with Crippen molar-refractivity contribution < 1.29 is 13.2 Å². The van der Waals surface area contributed by atoms with E-state index in [1.54, 1.807) is 24.1 Å². The number of anilines is 4. The Hall–Kier alpha value is -3.09. The van der Waals surface area contributed by atoms with Gasteiger partial charge < -0.3 is 10.2 Å². The number of rotatable bonds is 7. The second kappa shape index (κ2) is 9.15. The summed E-state index contributed by atoms with van der Waals surface area (Å²) < 4.78 is 40.6. The van der Waals surface area contributed by atoms with Gasteiger partial charge in [0.1, 0.15) is 11.4 Å². The molecule has 4 nitrogen and oxygen atoms in total. The molecule has 158 valence electrons. The highest BCUT2D eigenvalue weighted by molar-refractivity contribution is 5.64. The van der Waals surface area contributed by atoms with E-state index < -0.39 is 11.7 Å². The van der Waals surface area contributed by atoms with Gasteiger partial charge in [0, 0.05) is 24.6 Å². The Morgan fingerprint density at radius 3 is 2.13 bits per heavy atom. The number of nitrogens with one attached hydrogen (secondary N) is 1. The van der Waals surface area contributed by atoms with Crippen LogP contribution in [0.5, 0.6) is 0 Å². The first-order valence-corrected chi connectivity index (χ1v) is 9.94. The molecule has 0 aliphatic heterocycles. The smallest absolute Gasteiger partial charge is 0.340 e. The lowest BCUT2D eigenvalue weighted by atomic mass is 10.1. The predicted molar refractivity (Wildman–Crippen MR) is 115 cm³/mol. The molecular formula is C23H25F3N4. The van der Waals surface area contributed by atoms with Crippen LogP contribution in [0.4, 0.5) is 36.3 Å². The van der Waals surface area contributed by atoms with Gasteiger partial charge in [0.2, 0.25) is 5.95 Å². The summed E-state index contributed by atoms with van der Waals surface area (Å²) in [4.78, 5) is 9.82. The average Bonchev–Trinajstić information content (AvgIpc) is 2.74. The van der Waals surface area contributed by atoms with Crippen molar-refractivity contribution in [3.8, 4) is 0 Å². The molecule has 1 N–H and O–H groups in total. The van der Waals surface area contributed by atoms with Gasteiger partial charge in [-0.05, 0) is 48.2 Å². The Labute approximate surface area is 174 Å². The fourth-order valence-corrected chi connectivity index (χ4v) is 3.09. The van der Waals surface area contributed by atoms with Gasteiger partial charge in [-0.2, -0.15) is 18.2 Å². The lowest BCUT2D eigenvalue weighted by Crippen LogP contribution is -2.17. The largest absolute Gasteiger partial charge is 0.421 e. The van der Waals surface area contributed by atoms with Gasteiger partial charge in [0.05, 0.1) is 0 Å². The fraction of sp³-hybridized carbons (Fsp3) is 0.304. The molecule has 1 aromatic heterocycles. The summed E-state index contributed by atoms with van der Waals surface area (Å²) >= 11 is 0. The van der Waals surface area contributed by atoms with Gasteiger partial charge in [-0.3, -0.25) is 0 Å². The van der Waals surface area contributed by atoms with Crippen molar-refractivity contribution >= 4 is 23.1 Å². The monoisotopic (exact) mass is 414 g/mol. The Bertz CT molecular complexity index is 967. The molecule has 0 aliphatic rings. The first-order chi connectivity index (χ1) is 14.3. The van der Waals surface area contributed by atoms with E-state index in [9.17, 15) is 13.2 Å². The molecule has 0 bridgehead atoms. The summed E-state index contributed by atoms with van der Waals surface area (Å²) in [5.41, 5.74) is 2.74. The van der Waals surface area contributed by atoms with Gasteiger partial charge in [-0.1, -0.05) is 44.5 Å². The van der Waals surface area contributed by atoms with Crippen LogP contribution in [0, 0.1) is 0 Å². The number of aromatic nitrogens is 2. The van der Waals surface area contributed by atoms with Crippen LogP contribution in [-0.2, 0) is 19.0 Å². The lowest BCUT2D eigenvalue weighted by molar-refractivity contribution is -0.137. The highest BCUT2D eigenvalue weighted by Crippen LogP contribution is 2.36. The Balaban J connectivity index is 1.93. The molecule has 0 radical (unpaired) electrons. The average molecular weight is 414 g/mol. The first-order valence-electron chi connectivity index (χ1n) is 9.94. The number of benzene rings is 2. The van der Waals surface area contributed by atoms with E-state index >= 15 is 0 Å². The molecule has 3 rings (SSSR count). The van der Waals surface area contributed by atoms with Crippen LogP contribution >= 0.6 is 0 Å². The molecule has 0 saturated carbocycles. The summed E-state index contributed by atoms with van der Waals surface area (Å²) in [6.45, 7) is 4.14. The molecule has 3 aromatic rings. The van der Waals surface area contributed by atoms with E-state index in [0.29, 0.717) is 5.69 Å². The second-order valence-corrected chi connectivity index (χ2v) is 7.08. The molecule has 0 amide bonds. The summed E-state index contributed by atoms with van der Waals surface area (Å²) in [5.74, 6) is -0.0925. The molecular weight excluding hydrogens is 389 g/mol. The SMILES string of the molecule is CCCc1ccc(Nc2nc(N(C)c3ccc(CC)cc3)ncc2C(F)(F)F)cc1. The Kier molecular flexibility index (Phi) is 6.59. The molecule has 0 spiro atoms. The maximum absolute atomic E-state index is 13.5. The summed E-state index contributed by atoms with van der Waals surface area (Å²) in [6, 6.07) is 15.1. The van der Waals surface area contributed by atoms with E-state index in [4.69, 9.17) is 0 Å². The number of hydrogen-bond donors (Lipinski definition) is 1. The van der Waals surface area contributed by atoms with E-state index in [1.807, 2.05) is 36.4 Å². The van der Waals surface area contributed by atoms with Gasteiger partial charge in [0.15, 0.2) is 0 Å². The Morgan fingerprint density at radius 1 is 0.933 bits per heavy atom. The summed E-state index contributed by atoms with van der Waals surface area (Å²) in [6.07, 6.45) is -0.900. The maximum atomic E-state index is 13.5. The number of nitrogens with zero attached hydrogens (tertiary/aromatic N) is 3. The number of aryl methyl sites for hydroxylation is 2. The molecule has 0 fully saturated rings. The van der Waals surface area contributed by atoms with Crippen LogP contribution in [0.2, 0.25) is 0 Å². The van der Waals surface area contributed by atoms with Gasteiger partial charge >= 0.3 is 6.18 Å². The fourth-order valence-electron chi connectivity index (χ4n) is 3.09. The quantitative estimate of drug-likeness (QED) is 0.478. The van der Waals surface area contributed by atoms with Crippen LogP contribution < -0.4 is 10.2 Å². The lowest BCUT2D eigenvalue weighted by Gasteiger charge is -2.20. The van der Waals surface area contributed by atoms with E-state index in [-0.39, 0.29) is 11.8 Å². The van der Waals surface area contributed by atoms with E-state index in [0.717, 1.165) is 36.7 Å².